The molecular formula is C17H14ClN5O. The molecule has 6 nitrogen and oxygen atoms in total. The number of rotatable bonds is 3. The summed E-state index contributed by atoms with van der Waals surface area (Å²) in [4.78, 5) is 8.34. The van der Waals surface area contributed by atoms with Crippen LogP contribution in [0.5, 0.6) is 11.6 Å². The molecule has 0 N–H and O–H groups in total. The second kappa shape index (κ2) is 6.30. The molecule has 0 aliphatic rings. The summed E-state index contributed by atoms with van der Waals surface area (Å²) in [7, 11) is 1.79. The van der Waals surface area contributed by atoms with Gasteiger partial charge in [0.25, 0.3) is 0 Å². The van der Waals surface area contributed by atoms with Gasteiger partial charge in [0.05, 0.1) is 12.3 Å². The lowest BCUT2D eigenvalue weighted by Crippen LogP contribution is -1.99. The Labute approximate surface area is 144 Å². The molecule has 0 fully saturated rings. The minimum absolute atomic E-state index is 0.106. The summed E-state index contributed by atoms with van der Waals surface area (Å²) in [5, 5.41) is 12.9. The van der Waals surface area contributed by atoms with Gasteiger partial charge in [-0.3, -0.25) is 4.68 Å². The zero-order valence-electron chi connectivity index (χ0n) is 13.4. The largest absolute Gasteiger partial charge is 0.436 e. The molecule has 2 aromatic heterocycles. The number of fused-ring (bicyclic) bond motifs is 1. The predicted octanol–water partition coefficient (Wildman–Crippen LogP) is 3.96. The Morgan fingerprint density at radius 1 is 1.25 bits per heavy atom. The van der Waals surface area contributed by atoms with E-state index in [0.29, 0.717) is 22.7 Å². The fraction of sp³-hybridized carbons (Fsp3) is 0.176. The number of aromatic nitrogens is 4. The number of aryl methyl sites for hydroxylation is 3. The molecule has 0 bridgehead atoms. The van der Waals surface area contributed by atoms with Crippen molar-refractivity contribution in [1.29, 1.82) is 5.26 Å². The van der Waals surface area contributed by atoms with E-state index in [0.717, 1.165) is 16.7 Å². The van der Waals surface area contributed by atoms with Crippen LogP contribution in [-0.4, -0.2) is 19.7 Å². The van der Waals surface area contributed by atoms with E-state index in [4.69, 9.17) is 21.6 Å². The van der Waals surface area contributed by atoms with Gasteiger partial charge in [0.2, 0.25) is 11.2 Å². The van der Waals surface area contributed by atoms with E-state index < -0.39 is 0 Å². The van der Waals surface area contributed by atoms with Crippen molar-refractivity contribution in [2.75, 3.05) is 0 Å². The standard InChI is InChI=1S/C17H14ClN5O/c1-10-7-12(5-4-6-19)8-11(2)15(10)24-16-14-13(9-20-23(14)3)21-17(18)22-16/h4-5,7-9H,1-3H3/b5-4+. The smallest absolute Gasteiger partial charge is 0.250 e. The highest BCUT2D eigenvalue weighted by Gasteiger charge is 2.15. The molecule has 0 atom stereocenters. The van der Waals surface area contributed by atoms with Gasteiger partial charge in [-0.1, -0.05) is 0 Å². The van der Waals surface area contributed by atoms with Crippen LogP contribution in [0.2, 0.25) is 5.28 Å². The monoisotopic (exact) mass is 339 g/mol. The molecule has 0 saturated heterocycles. The molecule has 7 heteroatoms. The van der Waals surface area contributed by atoms with E-state index >= 15 is 0 Å². The molecule has 0 aliphatic carbocycles. The number of hydrogen-bond donors (Lipinski definition) is 0. The molecule has 3 rings (SSSR count). The SMILES string of the molecule is Cc1cc(/C=C/C#N)cc(C)c1Oc1nc(Cl)nc2cnn(C)c12. The summed E-state index contributed by atoms with van der Waals surface area (Å²) in [5.74, 6) is 1.05. The first-order chi connectivity index (χ1) is 11.5. The highest BCUT2D eigenvalue weighted by atomic mass is 35.5. The molecular weight excluding hydrogens is 326 g/mol. The molecule has 1 aromatic carbocycles. The molecule has 0 aliphatic heterocycles. The van der Waals surface area contributed by atoms with Gasteiger partial charge in [0, 0.05) is 13.1 Å². The molecule has 0 unspecified atom stereocenters. The van der Waals surface area contributed by atoms with Crippen molar-refractivity contribution in [3.05, 3.63) is 46.4 Å². The van der Waals surface area contributed by atoms with Crippen LogP contribution in [0.25, 0.3) is 17.1 Å². The average Bonchev–Trinajstić information content (AvgIpc) is 2.89. The molecule has 0 radical (unpaired) electrons. The highest BCUT2D eigenvalue weighted by molar-refractivity contribution is 6.28. The zero-order chi connectivity index (χ0) is 17.3. The van der Waals surface area contributed by atoms with Crippen molar-refractivity contribution in [3.63, 3.8) is 0 Å². The number of ether oxygens (including phenoxy) is 1. The van der Waals surface area contributed by atoms with Crippen molar-refractivity contribution in [1.82, 2.24) is 19.7 Å². The first-order valence-electron chi connectivity index (χ1n) is 7.20. The third-order valence-corrected chi connectivity index (χ3v) is 3.73. The lowest BCUT2D eigenvalue weighted by molar-refractivity contribution is 0.458. The Hall–Kier alpha value is -2.91. The Morgan fingerprint density at radius 3 is 2.62 bits per heavy atom. The number of benzene rings is 1. The normalized spacial score (nSPS) is 11.1. The van der Waals surface area contributed by atoms with E-state index in [1.54, 1.807) is 24.0 Å². The molecule has 3 aromatic rings. The van der Waals surface area contributed by atoms with Gasteiger partial charge in [-0.15, -0.1) is 0 Å². The topological polar surface area (TPSA) is 76.6 Å². The summed E-state index contributed by atoms with van der Waals surface area (Å²) in [6.07, 6.45) is 4.81. The summed E-state index contributed by atoms with van der Waals surface area (Å²) in [6.45, 7) is 3.88. The molecule has 2 heterocycles. The molecule has 120 valence electrons. The van der Waals surface area contributed by atoms with E-state index in [1.165, 1.54) is 6.08 Å². The Bertz CT molecular complexity index is 977. The lowest BCUT2D eigenvalue weighted by atomic mass is 10.1. The third-order valence-electron chi connectivity index (χ3n) is 3.56. The number of halogens is 1. The fourth-order valence-electron chi connectivity index (χ4n) is 2.56. The fourth-order valence-corrected chi connectivity index (χ4v) is 2.73. The van der Waals surface area contributed by atoms with Gasteiger partial charge >= 0.3 is 0 Å². The van der Waals surface area contributed by atoms with Gasteiger partial charge < -0.3 is 4.74 Å². The number of allylic oxidation sites excluding steroid dienone is 1. The van der Waals surface area contributed by atoms with Crippen molar-refractivity contribution in [3.8, 4) is 17.7 Å². The van der Waals surface area contributed by atoms with Crippen LogP contribution >= 0.6 is 11.6 Å². The Balaban J connectivity index is 2.08. The zero-order valence-corrected chi connectivity index (χ0v) is 14.2. The van der Waals surface area contributed by atoms with E-state index in [9.17, 15) is 0 Å². The maximum Gasteiger partial charge on any atom is 0.250 e. The highest BCUT2D eigenvalue weighted by Crippen LogP contribution is 2.33. The Morgan fingerprint density at radius 2 is 1.96 bits per heavy atom. The maximum absolute atomic E-state index is 8.65. The van der Waals surface area contributed by atoms with Gasteiger partial charge in [-0.25, -0.2) is 4.98 Å². The second-order valence-electron chi connectivity index (χ2n) is 5.35. The molecule has 24 heavy (non-hydrogen) atoms. The lowest BCUT2D eigenvalue weighted by Gasteiger charge is -2.13. The Kier molecular flexibility index (Phi) is 4.19. The van der Waals surface area contributed by atoms with Crippen LogP contribution in [0.4, 0.5) is 0 Å². The number of nitriles is 1. The van der Waals surface area contributed by atoms with Crippen LogP contribution in [0, 0.1) is 25.2 Å². The summed E-state index contributed by atoms with van der Waals surface area (Å²) in [6, 6.07) is 5.87. The first-order valence-corrected chi connectivity index (χ1v) is 7.58. The maximum atomic E-state index is 8.65. The molecule has 0 spiro atoms. The van der Waals surface area contributed by atoms with Crippen LogP contribution in [-0.2, 0) is 7.05 Å². The van der Waals surface area contributed by atoms with E-state index in [-0.39, 0.29) is 5.28 Å². The van der Waals surface area contributed by atoms with Crippen LogP contribution in [0.15, 0.2) is 24.4 Å². The second-order valence-corrected chi connectivity index (χ2v) is 5.69. The number of hydrogen-bond acceptors (Lipinski definition) is 5. The predicted molar refractivity (Wildman–Crippen MR) is 92.0 cm³/mol. The van der Waals surface area contributed by atoms with Crippen molar-refractivity contribution in [2.24, 2.45) is 7.05 Å². The minimum Gasteiger partial charge on any atom is -0.436 e. The number of nitrogens with zero attached hydrogens (tertiary/aromatic N) is 5. The quantitative estimate of drug-likeness (QED) is 0.533. The van der Waals surface area contributed by atoms with E-state index in [2.05, 4.69) is 15.1 Å². The average molecular weight is 340 g/mol. The van der Waals surface area contributed by atoms with Crippen molar-refractivity contribution >= 4 is 28.7 Å². The van der Waals surface area contributed by atoms with E-state index in [1.807, 2.05) is 32.0 Å². The van der Waals surface area contributed by atoms with Gasteiger partial charge in [-0.05, 0) is 60.3 Å². The van der Waals surface area contributed by atoms with Crippen molar-refractivity contribution < 1.29 is 4.74 Å². The molecule has 0 amide bonds. The first kappa shape index (κ1) is 16.0. The molecule has 0 saturated carbocycles. The summed E-state index contributed by atoms with van der Waals surface area (Å²) < 4.78 is 7.70. The summed E-state index contributed by atoms with van der Waals surface area (Å²) in [5.41, 5.74) is 4.09. The van der Waals surface area contributed by atoms with Crippen LogP contribution < -0.4 is 4.74 Å². The van der Waals surface area contributed by atoms with Gasteiger partial charge in [0.1, 0.15) is 16.8 Å². The van der Waals surface area contributed by atoms with Gasteiger partial charge in [0.15, 0.2) is 0 Å². The van der Waals surface area contributed by atoms with Crippen LogP contribution in [0.3, 0.4) is 0 Å². The summed E-state index contributed by atoms with van der Waals surface area (Å²) >= 11 is 5.98. The minimum atomic E-state index is 0.106. The van der Waals surface area contributed by atoms with Gasteiger partial charge in [-0.2, -0.15) is 15.3 Å². The third kappa shape index (κ3) is 2.94. The van der Waals surface area contributed by atoms with Crippen molar-refractivity contribution in [2.45, 2.75) is 13.8 Å². The van der Waals surface area contributed by atoms with Crippen LogP contribution in [0.1, 0.15) is 16.7 Å².